The normalized spacial score (nSPS) is 12.6. The fraction of sp³-hybridized carbons (Fsp3) is 0.444. The molecule has 1 N–H and O–H groups in total. The van der Waals surface area contributed by atoms with Crippen LogP contribution in [0.4, 0.5) is 0 Å². The molecule has 1 nitrogen and oxygen atoms in total. The molecule has 2 heteroatoms. The highest BCUT2D eigenvalue weighted by atomic mass is 32.1. The fourth-order valence-corrected chi connectivity index (χ4v) is 3.16. The lowest BCUT2D eigenvalue weighted by atomic mass is 10.0. The van der Waals surface area contributed by atoms with E-state index in [0.717, 1.165) is 6.54 Å². The van der Waals surface area contributed by atoms with Gasteiger partial charge in [-0.3, -0.25) is 0 Å². The average Bonchev–Trinajstić information content (AvgIpc) is 2.88. The first kappa shape index (κ1) is 15.3. The van der Waals surface area contributed by atoms with E-state index in [1.165, 1.54) is 41.5 Å². The summed E-state index contributed by atoms with van der Waals surface area (Å²) >= 11 is 1.78. The summed E-state index contributed by atoms with van der Waals surface area (Å²) in [5.41, 5.74) is 5.64. The zero-order valence-corrected chi connectivity index (χ0v) is 13.6. The Kier molecular flexibility index (Phi) is 5.81. The van der Waals surface area contributed by atoms with Gasteiger partial charge in [0.25, 0.3) is 0 Å². The molecule has 108 valence electrons. The van der Waals surface area contributed by atoms with Gasteiger partial charge in [-0.15, -0.1) is 0 Å². The first-order valence-electron chi connectivity index (χ1n) is 7.54. The van der Waals surface area contributed by atoms with E-state index in [1.54, 1.807) is 11.3 Å². The highest BCUT2D eigenvalue weighted by Crippen LogP contribution is 2.18. The van der Waals surface area contributed by atoms with Crippen LogP contribution in [0.25, 0.3) is 0 Å². The van der Waals surface area contributed by atoms with Crippen molar-refractivity contribution in [3.8, 4) is 0 Å². The third-order valence-electron chi connectivity index (χ3n) is 3.86. The molecule has 0 aliphatic heterocycles. The molecule has 2 rings (SSSR count). The van der Waals surface area contributed by atoms with Crippen LogP contribution >= 0.6 is 11.3 Å². The van der Waals surface area contributed by atoms with Gasteiger partial charge in [0.1, 0.15) is 0 Å². The molecule has 0 saturated heterocycles. The van der Waals surface area contributed by atoms with Gasteiger partial charge in [0, 0.05) is 12.6 Å². The summed E-state index contributed by atoms with van der Waals surface area (Å²) in [5, 5.41) is 8.06. The predicted molar refractivity (Wildman–Crippen MR) is 89.4 cm³/mol. The number of thiophene rings is 1. The van der Waals surface area contributed by atoms with E-state index in [0.29, 0.717) is 6.04 Å². The van der Waals surface area contributed by atoms with E-state index in [4.69, 9.17) is 0 Å². The third kappa shape index (κ3) is 4.19. The minimum Gasteiger partial charge on any atom is -0.306 e. The van der Waals surface area contributed by atoms with E-state index in [1.807, 2.05) is 0 Å². The molecule has 0 bridgehead atoms. The molecule has 1 aromatic carbocycles. The van der Waals surface area contributed by atoms with Gasteiger partial charge in [-0.05, 0) is 59.7 Å². The monoisotopic (exact) mass is 287 g/mol. The number of aryl methyl sites for hydroxylation is 2. The first-order chi connectivity index (χ1) is 9.70. The summed E-state index contributed by atoms with van der Waals surface area (Å²) in [7, 11) is 0. The molecule has 0 amide bonds. The first-order valence-corrected chi connectivity index (χ1v) is 8.49. The van der Waals surface area contributed by atoms with Crippen molar-refractivity contribution >= 4 is 11.3 Å². The molecule has 0 saturated carbocycles. The highest BCUT2D eigenvalue weighted by Gasteiger charge is 2.06. The Hall–Kier alpha value is -1.12. The zero-order valence-electron chi connectivity index (χ0n) is 12.8. The maximum Gasteiger partial charge on any atom is 0.0294 e. The zero-order chi connectivity index (χ0) is 14.4. The standard InChI is InChI=1S/C18H25NS/c1-4-5-6-16-7-9-17(10-8-16)15(3)19-11-18-13-20-12-14(18)2/h7-10,12-13,15,19H,4-6,11H2,1-3H3. The third-order valence-corrected chi connectivity index (χ3v) is 4.77. The lowest BCUT2D eigenvalue weighted by molar-refractivity contribution is 0.574. The molecule has 1 unspecified atom stereocenters. The van der Waals surface area contributed by atoms with Gasteiger partial charge in [-0.2, -0.15) is 11.3 Å². The van der Waals surface area contributed by atoms with Gasteiger partial charge >= 0.3 is 0 Å². The lowest BCUT2D eigenvalue weighted by Crippen LogP contribution is -2.18. The van der Waals surface area contributed by atoms with Gasteiger partial charge in [0.2, 0.25) is 0 Å². The maximum absolute atomic E-state index is 3.61. The van der Waals surface area contributed by atoms with E-state index in [9.17, 15) is 0 Å². The summed E-state index contributed by atoms with van der Waals surface area (Å²) in [6.07, 6.45) is 3.75. The minimum absolute atomic E-state index is 0.398. The van der Waals surface area contributed by atoms with Crippen LogP contribution in [0.2, 0.25) is 0 Å². The summed E-state index contributed by atoms with van der Waals surface area (Å²) in [4.78, 5) is 0. The lowest BCUT2D eigenvalue weighted by Gasteiger charge is -2.15. The van der Waals surface area contributed by atoms with Gasteiger partial charge in [-0.1, -0.05) is 37.6 Å². The molecule has 1 aromatic heterocycles. The molecule has 0 fully saturated rings. The number of hydrogen-bond donors (Lipinski definition) is 1. The number of benzene rings is 1. The van der Waals surface area contributed by atoms with Crippen molar-refractivity contribution in [2.24, 2.45) is 0 Å². The van der Waals surface area contributed by atoms with Crippen LogP contribution in [0, 0.1) is 6.92 Å². The second-order valence-electron chi connectivity index (χ2n) is 5.53. The Bertz CT molecular complexity index is 512. The Balaban J connectivity index is 1.88. The van der Waals surface area contributed by atoms with E-state index in [2.05, 4.69) is 61.1 Å². The van der Waals surface area contributed by atoms with Crippen molar-refractivity contribution in [1.82, 2.24) is 5.32 Å². The van der Waals surface area contributed by atoms with Gasteiger partial charge in [0.15, 0.2) is 0 Å². The van der Waals surface area contributed by atoms with Crippen LogP contribution < -0.4 is 5.32 Å². The topological polar surface area (TPSA) is 12.0 Å². The molecule has 0 aliphatic rings. The molecule has 0 aliphatic carbocycles. The Morgan fingerprint density at radius 2 is 1.90 bits per heavy atom. The van der Waals surface area contributed by atoms with Crippen LogP contribution in [0.15, 0.2) is 35.0 Å². The highest BCUT2D eigenvalue weighted by molar-refractivity contribution is 7.08. The van der Waals surface area contributed by atoms with Crippen molar-refractivity contribution in [3.63, 3.8) is 0 Å². The van der Waals surface area contributed by atoms with Crippen molar-refractivity contribution in [2.75, 3.05) is 0 Å². The van der Waals surface area contributed by atoms with Crippen LogP contribution in [-0.4, -0.2) is 0 Å². The summed E-state index contributed by atoms with van der Waals surface area (Å²) in [6.45, 7) is 7.62. The second-order valence-corrected chi connectivity index (χ2v) is 6.27. The van der Waals surface area contributed by atoms with E-state index >= 15 is 0 Å². The van der Waals surface area contributed by atoms with E-state index < -0.39 is 0 Å². The quantitative estimate of drug-likeness (QED) is 0.733. The molecule has 0 radical (unpaired) electrons. The van der Waals surface area contributed by atoms with Crippen molar-refractivity contribution in [1.29, 1.82) is 0 Å². The van der Waals surface area contributed by atoms with Crippen LogP contribution in [-0.2, 0) is 13.0 Å². The molecule has 20 heavy (non-hydrogen) atoms. The number of unbranched alkanes of at least 4 members (excludes halogenated alkanes) is 1. The molecular formula is C18H25NS. The SMILES string of the molecule is CCCCc1ccc(C(C)NCc2cscc2C)cc1. The summed E-state index contributed by atoms with van der Waals surface area (Å²) in [5.74, 6) is 0. The van der Waals surface area contributed by atoms with Gasteiger partial charge in [-0.25, -0.2) is 0 Å². The average molecular weight is 287 g/mol. The van der Waals surface area contributed by atoms with Crippen LogP contribution in [0.1, 0.15) is 55.0 Å². The Morgan fingerprint density at radius 1 is 1.15 bits per heavy atom. The van der Waals surface area contributed by atoms with Crippen molar-refractivity contribution in [2.45, 2.75) is 52.6 Å². The van der Waals surface area contributed by atoms with E-state index in [-0.39, 0.29) is 0 Å². The van der Waals surface area contributed by atoms with Crippen molar-refractivity contribution in [3.05, 3.63) is 57.3 Å². The second kappa shape index (κ2) is 7.61. The Morgan fingerprint density at radius 3 is 2.50 bits per heavy atom. The predicted octanol–water partition coefficient (Wildman–Crippen LogP) is 5.25. The number of hydrogen-bond acceptors (Lipinski definition) is 2. The van der Waals surface area contributed by atoms with Gasteiger partial charge in [0.05, 0.1) is 0 Å². The summed E-state index contributed by atoms with van der Waals surface area (Å²) in [6, 6.07) is 9.49. The molecule has 0 spiro atoms. The van der Waals surface area contributed by atoms with Crippen molar-refractivity contribution < 1.29 is 0 Å². The number of nitrogens with one attached hydrogen (secondary N) is 1. The van der Waals surface area contributed by atoms with Gasteiger partial charge < -0.3 is 5.32 Å². The smallest absolute Gasteiger partial charge is 0.0294 e. The Labute approximate surface area is 127 Å². The maximum atomic E-state index is 3.61. The molecule has 1 heterocycles. The summed E-state index contributed by atoms with van der Waals surface area (Å²) < 4.78 is 0. The molecular weight excluding hydrogens is 262 g/mol. The fourth-order valence-electron chi connectivity index (χ4n) is 2.30. The molecule has 2 aromatic rings. The minimum atomic E-state index is 0.398. The van der Waals surface area contributed by atoms with Crippen LogP contribution in [0.3, 0.4) is 0 Å². The number of rotatable bonds is 7. The largest absolute Gasteiger partial charge is 0.306 e. The van der Waals surface area contributed by atoms with Crippen LogP contribution in [0.5, 0.6) is 0 Å². The molecule has 1 atom stereocenters.